The van der Waals surface area contributed by atoms with E-state index in [1.807, 2.05) is 43.3 Å². The van der Waals surface area contributed by atoms with Crippen molar-refractivity contribution >= 4 is 29.3 Å². The average molecular weight is 393 g/mol. The van der Waals surface area contributed by atoms with Gasteiger partial charge in [0.15, 0.2) is 0 Å². The Morgan fingerprint density at radius 3 is 2.41 bits per heavy atom. The zero-order valence-electron chi connectivity index (χ0n) is 17.1. The molecule has 0 bridgehead atoms. The number of hydrogen-bond donors (Lipinski definition) is 1. The Hall–Kier alpha value is -3.28. The quantitative estimate of drug-likeness (QED) is 0.548. The molecule has 0 aliphatic carbocycles. The molecule has 1 heterocycles. The molecule has 1 fully saturated rings. The van der Waals surface area contributed by atoms with Crippen LogP contribution in [0.2, 0.25) is 0 Å². The molecule has 0 radical (unpaired) electrons. The van der Waals surface area contributed by atoms with Crippen molar-refractivity contribution < 1.29 is 14.3 Å². The van der Waals surface area contributed by atoms with Gasteiger partial charge < -0.3 is 9.64 Å². The van der Waals surface area contributed by atoms with Crippen molar-refractivity contribution in [2.75, 3.05) is 29.6 Å². The molecular weight excluding hydrogens is 366 g/mol. The highest BCUT2D eigenvalue weighted by atomic mass is 16.5. The minimum absolute atomic E-state index is 0.0887. The first-order valence-electron chi connectivity index (χ1n) is 10.0. The molecule has 29 heavy (non-hydrogen) atoms. The summed E-state index contributed by atoms with van der Waals surface area (Å²) in [6.45, 7) is 8.58. The zero-order valence-corrected chi connectivity index (χ0v) is 17.1. The fourth-order valence-corrected chi connectivity index (χ4v) is 3.24. The summed E-state index contributed by atoms with van der Waals surface area (Å²) >= 11 is 0. The molecule has 1 aliphatic heterocycles. The lowest BCUT2D eigenvalue weighted by molar-refractivity contribution is -0.117. The fraction of sp³-hybridized carbons (Fsp3) is 0.304. The van der Waals surface area contributed by atoms with Gasteiger partial charge in [0.2, 0.25) is 0 Å². The van der Waals surface area contributed by atoms with Crippen LogP contribution in [0.3, 0.4) is 0 Å². The van der Waals surface area contributed by atoms with Gasteiger partial charge >= 0.3 is 0 Å². The highest BCUT2D eigenvalue weighted by Crippen LogP contribution is 2.29. The summed E-state index contributed by atoms with van der Waals surface area (Å²) in [6.07, 6.45) is 2.48. The number of benzene rings is 2. The molecule has 3 rings (SSSR count). The predicted octanol–water partition coefficient (Wildman–Crippen LogP) is 3.78. The maximum absolute atomic E-state index is 12.8. The molecule has 2 aromatic rings. The molecule has 6 heteroatoms. The number of carbonyl (C=O) groups excluding carboxylic acids is 2. The largest absolute Gasteiger partial charge is 0.493 e. The first-order valence-corrected chi connectivity index (χ1v) is 10.0. The van der Waals surface area contributed by atoms with Crippen LogP contribution >= 0.6 is 0 Å². The second-order valence-corrected chi connectivity index (χ2v) is 6.72. The third-order valence-electron chi connectivity index (χ3n) is 4.79. The molecule has 2 amide bonds. The van der Waals surface area contributed by atoms with Gasteiger partial charge in [-0.3, -0.25) is 15.0 Å². The number of hydrazine groups is 1. The summed E-state index contributed by atoms with van der Waals surface area (Å²) in [5.41, 5.74) is 5.10. The van der Waals surface area contributed by atoms with Crippen molar-refractivity contribution in [3.05, 3.63) is 59.7 Å². The monoisotopic (exact) mass is 393 g/mol. The van der Waals surface area contributed by atoms with Crippen LogP contribution in [0, 0.1) is 0 Å². The lowest BCUT2D eigenvalue weighted by Gasteiger charge is -2.22. The van der Waals surface area contributed by atoms with Crippen molar-refractivity contribution in [1.29, 1.82) is 0 Å². The topological polar surface area (TPSA) is 61.9 Å². The minimum Gasteiger partial charge on any atom is -0.493 e. The van der Waals surface area contributed by atoms with Crippen LogP contribution in [0.15, 0.2) is 54.1 Å². The van der Waals surface area contributed by atoms with Gasteiger partial charge in [0.1, 0.15) is 11.3 Å². The van der Waals surface area contributed by atoms with Crippen LogP contribution < -0.4 is 20.1 Å². The molecule has 1 N–H and O–H groups in total. The number of nitrogens with zero attached hydrogens (tertiary/aromatic N) is 2. The number of amides is 2. The zero-order chi connectivity index (χ0) is 20.8. The summed E-state index contributed by atoms with van der Waals surface area (Å²) in [7, 11) is 0. The molecule has 1 saturated heterocycles. The summed E-state index contributed by atoms with van der Waals surface area (Å²) in [5.74, 6) is -0.133. The molecular formula is C23H27N3O3. The number of anilines is 2. The van der Waals surface area contributed by atoms with Crippen molar-refractivity contribution in [1.82, 2.24) is 5.43 Å². The standard InChI is InChI=1S/C23H27N3O3/c1-4-14-29-21-16-19(25(5-2)6-3)13-12-17(21)15-20-22(27)24-26(23(20)28)18-10-8-7-9-11-18/h7-13,15-16H,4-6,14H2,1-3H3,(H,24,27)/b20-15+. The van der Waals surface area contributed by atoms with E-state index in [1.165, 1.54) is 5.01 Å². The molecule has 152 valence electrons. The van der Waals surface area contributed by atoms with Crippen molar-refractivity contribution in [3.8, 4) is 5.75 Å². The van der Waals surface area contributed by atoms with E-state index in [1.54, 1.807) is 18.2 Å². The van der Waals surface area contributed by atoms with Gasteiger partial charge in [-0.15, -0.1) is 0 Å². The molecule has 2 aromatic carbocycles. The minimum atomic E-state index is -0.423. The molecule has 0 saturated carbocycles. The third kappa shape index (κ3) is 4.42. The molecule has 6 nitrogen and oxygen atoms in total. The fourth-order valence-electron chi connectivity index (χ4n) is 3.24. The van der Waals surface area contributed by atoms with Gasteiger partial charge in [-0.05, 0) is 50.6 Å². The summed E-state index contributed by atoms with van der Waals surface area (Å²) in [4.78, 5) is 27.5. The van der Waals surface area contributed by atoms with Gasteiger partial charge in [0, 0.05) is 30.4 Å². The highest BCUT2D eigenvalue weighted by molar-refractivity contribution is 6.31. The van der Waals surface area contributed by atoms with Gasteiger partial charge in [-0.1, -0.05) is 25.1 Å². The van der Waals surface area contributed by atoms with Crippen LogP contribution in [0.1, 0.15) is 32.8 Å². The lowest BCUT2D eigenvalue weighted by atomic mass is 10.1. The van der Waals surface area contributed by atoms with Crippen LogP contribution in [-0.4, -0.2) is 31.5 Å². The molecule has 1 aliphatic rings. The van der Waals surface area contributed by atoms with Crippen molar-refractivity contribution in [2.45, 2.75) is 27.2 Å². The van der Waals surface area contributed by atoms with Crippen molar-refractivity contribution in [3.63, 3.8) is 0 Å². The number of rotatable bonds is 8. The molecule has 0 atom stereocenters. The summed E-state index contributed by atoms with van der Waals surface area (Å²) in [6, 6.07) is 14.9. The van der Waals surface area contributed by atoms with Crippen LogP contribution in [0.4, 0.5) is 11.4 Å². The predicted molar refractivity (Wildman–Crippen MR) is 116 cm³/mol. The van der Waals surface area contributed by atoms with Gasteiger partial charge in [0.05, 0.1) is 12.3 Å². The Morgan fingerprint density at radius 1 is 1.03 bits per heavy atom. The number of nitrogens with one attached hydrogen (secondary N) is 1. The van der Waals surface area contributed by atoms with Gasteiger partial charge in [-0.2, -0.15) is 0 Å². The Morgan fingerprint density at radius 2 is 1.76 bits per heavy atom. The first-order chi connectivity index (χ1) is 14.1. The van der Waals surface area contributed by atoms with E-state index in [0.717, 1.165) is 25.2 Å². The van der Waals surface area contributed by atoms with Crippen LogP contribution in [-0.2, 0) is 9.59 Å². The maximum atomic E-state index is 12.8. The van der Waals surface area contributed by atoms with E-state index in [-0.39, 0.29) is 11.5 Å². The summed E-state index contributed by atoms with van der Waals surface area (Å²) < 4.78 is 5.93. The Kier molecular flexibility index (Phi) is 6.54. The van der Waals surface area contributed by atoms with Crippen LogP contribution in [0.25, 0.3) is 6.08 Å². The van der Waals surface area contributed by atoms with Crippen molar-refractivity contribution in [2.24, 2.45) is 0 Å². The second kappa shape index (κ2) is 9.28. The van der Waals surface area contributed by atoms with E-state index in [2.05, 4.69) is 24.2 Å². The van der Waals surface area contributed by atoms with E-state index in [4.69, 9.17) is 4.74 Å². The smallest absolute Gasteiger partial charge is 0.282 e. The first kappa shape index (κ1) is 20.5. The number of hydrogen-bond acceptors (Lipinski definition) is 4. The van der Waals surface area contributed by atoms with Crippen LogP contribution in [0.5, 0.6) is 5.75 Å². The summed E-state index contributed by atoms with van der Waals surface area (Å²) in [5, 5.41) is 1.27. The Bertz CT molecular complexity index is 905. The SMILES string of the molecule is CCCOc1cc(N(CC)CC)ccc1/C=C1\C(=O)NN(c2ccccc2)C1=O. The van der Waals surface area contributed by atoms with E-state index < -0.39 is 5.91 Å². The number of ether oxygens (including phenoxy) is 1. The van der Waals surface area contributed by atoms with E-state index >= 15 is 0 Å². The highest BCUT2D eigenvalue weighted by Gasteiger charge is 2.34. The Labute approximate surface area is 171 Å². The number of carbonyl (C=O) groups is 2. The average Bonchev–Trinajstić information content (AvgIpc) is 3.03. The third-order valence-corrected chi connectivity index (χ3v) is 4.79. The second-order valence-electron chi connectivity index (χ2n) is 6.72. The van der Waals surface area contributed by atoms with Gasteiger partial charge in [0.25, 0.3) is 11.8 Å². The molecule has 0 unspecified atom stereocenters. The normalized spacial score (nSPS) is 15.0. The van der Waals surface area contributed by atoms with E-state index in [9.17, 15) is 9.59 Å². The Balaban J connectivity index is 1.95. The maximum Gasteiger partial charge on any atom is 0.282 e. The van der Waals surface area contributed by atoms with Gasteiger partial charge in [-0.25, -0.2) is 5.01 Å². The lowest BCUT2D eigenvalue weighted by Crippen LogP contribution is -2.35. The molecule has 0 spiro atoms. The number of para-hydroxylation sites is 1. The molecule has 0 aromatic heterocycles. The van der Waals surface area contributed by atoms with E-state index in [0.29, 0.717) is 23.6 Å².